The minimum atomic E-state index is -2.81. The number of carbonyl (C=O) groups is 3. The minimum Gasteiger partial charge on any atom is -0.290 e. The van der Waals surface area contributed by atoms with E-state index in [1.165, 1.54) is 28.0 Å². The first-order valence-electron chi connectivity index (χ1n) is 14.8. The van der Waals surface area contributed by atoms with Gasteiger partial charge in [0.05, 0.1) is 12.8 Å². The molecule has 0 bridgehead atoms. The average Bonchev–Trinajstić information content (AvgIpc) is 3.28. The molecule has 2 aromatic carbocycles. The Labute approximate surface area is 246 Å². The van der Waals surface area contributed by atoms with Crippen molar-refractivity contribution >= 4 is 29.2 Å². The zero-order valence-electron chi connectivity index (χ0n) is 23.5. The molecule has 4 heterocycles. The van der Waals surface area contributed by atoms with Crippen molar-refractivity contribution in [2.75, 3.05) is 9.80 Å². The molecule has 1 aromatic heterocycles. The smallest absolute Gasteiger partial charge is 0.290 e. The minimum absolute atomic E-state index is 0.0230. The molecule has 220 valence electrons. The summed E-state index contributed by atoms with van der Waals surface area (Å²) in [6.07, 6.45) is 1.90. The summed E-state index contributed by atoms with van der Waals surface area (Å²) >= 11 is 0. The Hall–Kier alpha value is -4.05. The number of hydrogen-bond donors (Lipinski definition) is 0. The van der Waals surface area contributed by atoms with Gasteiger partial charge in [-0.25, -0.2) is 27.4 Å². The Bertz CT molecular complexity index is 1710. The SMILES string of the molecule is Cc1ccnc(N2C(=O)CCC2C(=O)N(c2cccc(F)c2)C2C(=O)[N+]3(C4CC(F)(F)C4)C4CC(c5ccccc52)C43)c1. The van der Waals surface area contributed by atoms with E-state index in [0.717, 1.165) is 17.5 Å². The number of aromatic nitrogens is 1. The van der Waals surface area contributed by atoms with Crippen molar-refractivity contribution in [3.63, 3.8) is 0 Å². The zero-order valence-corrected chi connectivity index (χ0v) is 23.5. The molecule has 6 unspecified atom stereocenters. The van der Waals surface area contributed by atoms with Crippen LogP contribution in [0.25, 0.3) is 0 Å². The molecule has 2 saturated heterocycles. The van der Waals surface area contributed by atoms with Gasteiger partial charge in [0.1, 0.15) is 23.7 Å². The van der Waals surface area contributed by atoms with Crippen LogP contribution < -0.4 is 9.80 Å². The first kappa shape index (κ1) is 26.6. The molecular weight excluding hydrogens is 557 g/mol. The lowest BCUT2D eigenvalue weighted by atomic mass is 9.77. The first-order valence-corrected chi connectivity index (χ1v) is 14.8. The summed E-state index contributed by atoms with van der Waals surface area (Å²) in [5.41, 5.74) is 2.61. The molecule has 5 aliphatic rings. The highest BCUT2D eigenvalue weighted by Crippen LogP contribution is 2.70. The predicted octanol–water partition coefficient (Wildman–Crippen LogP) is 5.19. The number of anilines is 2. The number of halogens is 3. The van der Waals surface area contributed by atoms with Crippen molar-refractivity contribution in [2.24, 2.45) is 0 Å². The van der Waals surface area contributed by atoms with Crippen molar-refractivity contribution in [3.8, 4) is 0 Å². The fourth-order valence-electron chi connectivity index (χ4n) is 8.52. The van der Waals surface area contributed by atoms with Crippen LogP contribution in [0.4, 0.5) is 24.7 Å². The molecule has 3 aromatic rings. The maximum absolute atomic E-state index is 15.0. The molecule has 6 atom stereocenters. The molecular formula is C33H30F3N4O3+. The van der Waals surface area contributed by atoms with Gasteiger partial charge < -0.3 is 0 Å². The van der Waals surface area contributed by atoms with E-state index in [4.69, 9.17) is 0 Å². The lowest BCUT2D eigenvalue weighted by molar-refractivity contribution is -0.784. The van der Waals surface area contributed by atoms with Gasteiger partial charge in [-0.05, 0) is 60.4 Å². The molecule has 2 aliphatic carbocycles. The highest BCUT2D eigenvalue weighted by Gasteiger charge is 2.87. The van der Waals surface area contributed by atoms with Crippen molar-refractivity contribution in [1.82, 2.24) is 4.98 Å². The Kier molecular flexibility index (Phi) is 5.55. The molecule has 3 aliphatic heterocycles. The number of aryl methyl sites for hydroxylation is 1. The monoisotopic (exact) mass is 587 g/mol. The van der Waals surface area contributed by atoms with Crippen molar-refractivity contribution in [3.05, 3.63) is 89.4 Å². The van der Waals surface area contributed by atoms with Gasteiger partial charge >= 0.3 is 5.91 Å². The zero-order chi connectivity index (χ0) is 29.8. The van der Waals surface area contributed by atoms with Crippen LogP contribution in [0.5, 0.6) is 0 Å². The third kappa shape index (κ3) is 3.65. The van der Waals surface area contributed by atoms with Crippen LogP contribution in [0.15, 0.2) is 66.9 Å². The van der Waals surface area contributed by atoms with E-state index in [1.807, 2.05) is 25.1 Å². The van der Waals surface area contributed by atoms with E-state index in [9.17, 15) is 27.6 Å². The van der Waals surface area contributed by atoms with Crippen LogP contribution >= 0.6 is 0 Å². The second-order valence-electron chi connectivity index (χ2n) is 12.7. The number of quaternary nitrogens is 1. The molecule has 3 amide bonds. The topological polar surface area (TPSA) is 70.6 Å². The Balaban J connectivity index is 1.28. The van der Waals surface area contributed by atoms with E-state index in [-0.39, 0.29) is 65.7 Å². The number of carbonyl (C=O) groups excluding carboxylic acids is 3. The third-order valence-corrected chi connectivity index (χ3v) is 10.5. The number of nitrogens with zero attached hydrogens (tertiary/aromatic N) is 4. The number of hydrogen-bond acceptors (Lipinski definition) is 4. The fourth-order valence-corrected chi connectivity index (χ4v) is 8.52. The van der Waals surface area contributed by atoms with Crippen LogP contribution in [0.3, 0.4) is 0 Å². The Morgan fingerprint density at radius 3 is 2.53 bits per heavy atom. The van der Waals surface area contributed by atoms with Gasteiger partial charge in [0.15, 0.2) is 18.1 Å². The van der Waals surface area contributed by atoms with Crippen LogP contribution in [0, 0.1) is 12.7 Å². The Morgan fingerprint density at radius 1 is 1.05 bits per heavy atom. The van der Waals surface area contributed by atoms with Gasteiger partial charge in [0, 0.05) is 30.6 Å². The van der Waals surface area contributed by atoms with Gasteiger partial charge in [-0.1, -0.05) is 30.3 Å². The second-order valence-corrected chi connectivity index (χ2v) is 12.7. The molecule has 8 rings (SSSR count). The fraction of sp³-hybridized carbons (Fsp3) is 0.394. The van der Waals surface area contributed by atoms with Crippen LogP contribution in [-0.4, -0.2) is 57.3 Å². The summed E-state index contributed by atoms with van der Waals surface area (Å²) in [5.74, 6) is -4.14. The van der Waals surface area contributed by atoms with Crippen LogP contribution in [-0.2, 0) is 14.4 Å². The van der Waals surface area contributed by atoms with Crippen molar-refractivity contribution in [2.45, 2.75) is 81.1 Å². The molecule has 2 saturated carbocycles. The van der Waals surface area contributed by atoms with Gasteiger partial charge in [0.25, 0.3) is 11.8 Å². The number of alkyl halides is 2. The summed E-state index contributed by atoms with van der Waals surface area (Å²) in [6, 6.07) is 13.7. The second kappa shape index (κ2) is 8.98. The summed E-state index contributed by atoms with van der Waals surface area (Å²) in [6.45, 7) is 1.86. The molecule has 7 nitrogen and oxygen atoms in total. The molecule has 0 N–H and O–H groups in total. The number of fused-ring (bicyclic) bond motifs is 3. The number of benzene rings is 2. The van der Waals surface area contributed by atoms with Gasteiger partial charge in [-0.3, -0.25) is 19.4 Å². The lowest BCUT2D eigenvalue weighted by Gasteiger charge is -2.42. The molecule has 4 fully saturated rings. The van der Waals surface area contributed by atoms with Crippen molar-refractivity contribution < 1.29 is 32.0 Å². The third-order valence-electron chi connectivity index (χ3n) is 10.5. The highest BCUT2D eigenvalue weighted by molar-refractivity contribution is 6.10. The first-order chi connectivity index (χ1) is 20.6. The summed E-state index contributed by atoms with van der Waals surface area (Å²) in [7, 11) is 0. The van der Waals surface area contributed by atoms with E-state index >= 15 is 0 Å². The van der Waals surface area contributed by atoms with E-state index in [2.05, 4.69) is 4.98 Å². The summed E-state index contributed by atoms with van der Waals surface area (Å²) < 4.78 is 43.2. The molecule has 10 heteroatoms. The predicted molar refractivity (Wildman–Crippen MR) is 151 cm³/mol. The summed E-state index contributed by atoms with van der Waals surface area (Å²) in [5, 5.41) is 0. The normalized spacial score (nSPS) is 31.8. The molecule has 43 heavy (non-hydrogen) atoms. The standard InChI is InChI=1S/C33H30F3N4O3/c1-18-11-12-37-27(13-18)39-25(9-10-28(39)41)31(42)38(20-6-4-5-19(34)14-20)29-23-8-3-2-7-22(23)24-15-26-30(24)40(26,32(29)43)21-16-33(35,36)17-21/h2-8,11-14,21,24-26,29-30H,9-10,15-17H2,1H3/q+1. The highest BCUT2D eigenvalue weighted by atomic mass is 19.3. The number of amides is 3. The Morgan fingerprint density at radius 2 is 1.81 bits per heavy atom. The van der Waals surface area contributed by atoms with E-state index in [0.29, 0.717) is 11.4 Å². The van der Waals surface area contributed by atoms with E-state index in [1.54, 1.807) is 30.5 Å². The largest absolute Gasteiger partial charge is 0.342 e. The van der Waals surface area contributed by atoms with Crippen LogP contribution in [0.2, 0.25) is 0 Å². The number of rotatable bonds is 5. The lowest BCUT2D eigenvalue weighted by Crippen LogP contribution is -2.60. The molecule has 0 spiro atoms. The average molecular weight is 588 g/mol. The van der Waals surface area contributed by atoms with E-state index < -0.39 is 35.8 Å². The molecule has 0 radical (unpaired) electrons. The number of pyridine rings is 1. The quantitative estimate of drug-likeness (QED) is 0.304. The van der Waals surface area contributed by atoms with Gasteiger partial charge in [-0.15, -0.1) is 0 Å². The summed E-state index contributed by atoms with van der Waals surface area (Å²) in [4.78, 5) is 50.1. The van der Waals surface area contributed by atoms with Crippen LogP contribution in [0.1, 0.15) is 60.8 Å². The maximum atomic E-state index is 15.0. The van der Waals surface area contributed by atoms with Gasteiger partial charge in [0.2, 0.25) is 5.91 Å². The maximum Gasteiger partial charge on any atom is 0.342 e. The van der Waals surface area contributed by atoms with Gasteiger partial charge in [-0.2, -0.15) is 0 Å². The van der Waals surface area contributed by atoms with Crippen molar-refractivity contribution in [1.29, 1.82) is 0 Å².